The zero-order valence-electron chi connectivity index (χ0n) is 15.9. The van der Waals surface area contributed by atoms with Gasteiger partial charge in [0.1, 0.15) is 6.04 Å². The molecule has 0 radical (unpaired) electrons. The van der Waals surface area contributed by atoms with E-state index < -0.39 is 22.0 Å². The van der Waals surface area contributed by atoms with E-state index in [2.05, 4.69) is 31.2 Å². The highest BCUT2D eigenvalue weighted by molar-refractivity contribution is 9.10. The number of sulfonamides is 1. The Morgan fingerprint density at radius 2 is 1.53 bits per heavy atom. The van der Waals surface area contributed by atoms with Crippen LogP contribution in [0, 0.1) is 0 Å². The summed E-state index contributed by atoms with van der Waals surface area (Å²) in [5, 5.41) is 3.95. The number of halogens is 1. The standard InChI is InChI=1S/C22H20BrN3O3S/c23-19-11-13-20(14-12-19)30(28,29)26-21(15-17-7-3-1-4-8-17)22(27)25-24-16-18-9-5-2-6-10-18/h1-14,16,21,26H,15H2,(H,25,27)/b24-16+/t21-/m0/s1. The first-order valence-electron chi connectivity index (χ1n) is 9.14. The Hall–Kier alpha value is -2.81. The summed E-state index contributed by atoms with van der Waals surface area (Å²) in [6, 6.07) is 23.6. The smallest absolute Gasteiger partial charge is 0.258 e. The fraction of sp³-hybridized carbons (Fsp3) is 0.0909. The molecule has 0 saturated heterocycles. The van der Waals surface area contributed by atoms with Crippen molar-refractivity contribution in [3.05, 3.63) is 101 Å². The molecule has 8 heteroatoms. The SMILES string of the molecule is O=C(N/N=C/c1ccccc1)[C@H](Cc1ccccc1)NS(=O)(=O)c1ccc(Br)cc1. The van der Waals surface area contributed by atoms with Crippen LogP contribution in [-0.2, 0) is 21.2 Å². The number of carbonyl (C=O) groups is 1. The van der Waals surface area contributed by atoms with Gasteiger partial charge in [0.2, 0.25) is 10.0 Å². The Balaban J connectivity index is 1.78. The van der Waals surface area contributed by atoms with Gasteiger partial charge in [0, 0.05) is 4.47 Å². The van der Waals surface area contributed by atoms with Crippen LogP contribution in [0.3, 0.4) is 0 Å². The summed E-state index contributed by atoms with van der Waals surface area (Å²) in [4.78, 5) is 12.8. The Kier molecular flexibility index (Phi) is 7.51. The van der Waals surface area contributed by atoms with Crippen molar-refractivity contribution in [2.24, 2.45) is 5.10 Å². The number of hydrazone groups is 1. The third kappa shape index (κ3) is 6.35. The van der Waals surface area contributed by atoms with Gasteiger partial charge in [-0.3, -0.25) is 4.79 Å². The molecule has 0 bridgehead atoms. The number of benzene rings is 3. The van der Waals surface area contributed by atoms with Gasteiger partial charge in [0.15, 0.2) is 0 Å². The molecule has 1 atom stereocenters. The molecular formula is C22H20BrN3O3S. The fourth-order valence-corrected chi connectivity index (χ4v) is 4.15. The third-order valence-corrected chi connectivity index (χ3v) is 6.22. The van der Waals surface area contributed by atoms with Gasteiger partial charge in [-0.15, -0.1) is 0 Å². The second kappa shape index (κ2) is 10.3. The minimum absolute atomic E-state index is 0.0735. The first-order valence-corrected chi connectivity index (χ1v) is 11.4. The molecule has 6 nitrogen and oxygen atoms in total. The lowest BCUT2D eigenvalue weighted by atomic mass is 10.1. The number of hydrogen-bond donors (Lipinski definition) is 2. The molecule has 30 heavy (non-hydrogen) atoms. The number of amides is 1. The molecule has 0 aliphatic rings. The number of rotatable bonds is 8. The van der Waals surface area contributed by atoms with Crippen LogP contribution in [0.25, 0.3) is 0 Å². The summed E-state index contributed by atoms with van der Waals surface area (Å²) in [7, 11) is -3.90. The molecule has 0 aliphatic heterocycles. The Labute approximate surface area is 184 Å². The fourth-order valence-electron chi connectivity index (χ4n) is 2.69. The molecule has 0 aromatic heterocycles. The monoisotopic (exact) mass is 485 g/mol. The van der Waals surface area contributed by atoms with Crippen molar-refractivity contribution in [3.8, 4) is 0 Å². The molecule has 3 aromatic rings. The minimum atomic E-state index is -3.90. The van der Waals surface area contributed by atoms with E-state index in [1.54, 1.807) is 12.1 Å². The van der Waals surface area contributed by atoms with Gasteiger partial charge in [-0.1, -0.05) is 76.6 Å². The van der Waals surface area contributed by atoms with Crippen LogP contribution in [0.5, 0.6) is 0 Å². The lowest BCUT2D eigenvalue weighted by Crippen LogP contribution is -2.46. The largest absolute Gasteiger partial charge is 0.271 e. The second-order valence-electron chi connectivity index (χ2n) is 6.46. The van der Waals surface area contributed by atoms with Gasteiger partial charge in [-0.2, -0.15) is 9.82 Å². The normalized spacial score (nSPS) is 12.6. The van der Waals surface area contributed by atoms with Gasteiger partial charge >= 0.3 is 0 Å². The van der Waals surface area contributed by atoms with E-state index in [0.29, 0.717) is 0 Å². The quantitative estimate of drug-likeness (QED) is 0.378. The van der Waals surface area contributed by atoms with Gasteiger partial charge in [0.05, 0.1) is 11.1 Å². The molecule has 0 heterocycles. The molecule has 0 aliphatic carbocycles. The molecule has 3 rings (SSSR count). The summed E-state index contributed by atoms with van der Waals surface area (Å²) in [5.74, 6) is -0.549. The van der Waals surface area contributed by atoms with E-state index in [1.807, 2.05) is 60.7 Å². The van der Waals surface area contributed by atoms with Crippen LogP contribution < -0.4 is 10.1 Å². The van der Waals surface area contributed by atoms with E-state index >= 15 is 0 Å². The maximum atomic E-state index is 12.8. The average Bonchev–Trinajstić information content (AvgIpc) is 2.75. The van der Waals surface area contributed by atoms with E-state index in [4.69, 9.17) is 0 Å². The molecule has 0 fully saturated rings. The van der Waals surface area contributed by atoms with Crippen molar-refractivity contribution in [3.63, 3.8) is 0 Å². The molecule has 0 spiro atoms. The maximum Gasteiger partial charge on any atom is 0.258 e. The van der Waals surface area contributed by atoms with Crippen LogP contribution in [0.2, 0.25) is 0 Å². The van der Waals surface area contributed by atoms with Gasteiger partial charge in [0.25, 0.3) is 5.91 Å². The predicted molar refractivity (Wildman–Crippen MR) is 121 cm³/mol. The average molecular weight is 486 g/mol. The lowest BCUT2D eigenvalue weighted by Gasteiger charge is -2.17. The molecule has 1 amide bonds. The first kappa shape index (κ1) is 21.9. The van der Waals surface area contributed by atoms with Crippen molar-refractivity contribution in [1.82, 2.24) is 10.1 Å². The summed E-state index contributed by atoms with van der Waals surface area (Å²) in [5.41, 5.74) is 4.07. The summed E-state index contributed by atoms with van der Waals surface area (Å²) in [6.07, 6.45) is 1.68. The molecule has 0 saturated carbocycles. The van der Waals surface area contributed by atoms with Crippen LogP contribution >= 0.6 is 15.9 Å². The van der Waals surface area contributed by atoms with Crippen molar-refractivity contribution >= 4 is 38.1 Å². The Bertz CT molecular complexity index is 1100. The highest BCUT2D eigenvalue weighted by atomic mass is 79.9. The molecule has 154 valence electrons. The number of carbonyl (C=O) groups excluding carboxylic acids is 1. The second-order valence-corrected chi connectivity index (χ2v) is 9.09. The van der Waals surface area contributed by atoms with Gasteiger partial charge < -0.3 is 0 Å². The molecule has 3 aromatic carbocycles. The third-order valence-electron chi connectivity index (χ3n) is 4.21. The zero-order valence-corrected chi connectivity index (χ0v) is 18.3. The van der Waals surface area contributed by atoms with E-state index in [9.17, 15) is 13.2 Å². The van der Waals surface area contributed by atoms with Crippen LogP contribution in [0.15, 0.2) is 99.4 Å². The van der Waals surface area contributed by atoms with Gasteiger partial charge in [-0.05, 0) is 41.8 Å². The van der Waals surface area contributed by atoms with Gasteiger partial charge in [-0.25, -0.2) is 13.8 Å². The van der Waals surface area contributed by atoms with Crippen molar-refractivity contribution < 1.29 is 13.2 Å². The summed E-state index contributed by atoms with van der Waals surface area (Å²) >= 11 is 3.28. The summed E-state index contributed by atoms with van der Waals surface area (Å²) < 4.78 is 28.9. The maximum absolute atomic E-state index is 12.8. The summed E-state index contributed by atoms with van der Waals surface area (Å²) in [6.45, 7) is 0. The Morgan fingerprint density at radius 3 is 2.17 bits per heavy atom. The Morgan fingerprint density at radius 1 is 0.933 bits per heavy atom. The van der Waals surface area contributed by atoms with Crippen LogP contribution in [0.1, 0.15) is 11.1 Å². The van der Waals surface area contributed by atoms with E-state index in [-0.39, 0.29) is 11.3 Å². The highest BCUT2D eigenvalue weighted by Gasteiger charge is 2.26. The van der Waals surface area contributed by atoms with E-state index in [0.717, 1.165) is 15.6 Å². The predicted octanol–water partition coefficient (Wildman–Crippen LogP) is 3.49. The number of hydrogen-bond acceptors (Lipinski definition) is 4. The van der Waals surface area contributed by atoms with Crippen molar-refractivity contribution in [2.75, 3.05) is 0 Å². The van der Waals surface area contributed by atoms with Crippen molar-refractivity contribution in [2.45, 2.75) is 17.4 Å². The zero-order chi connectivity index (χ0) is 21.4. The lowest BCUT2D eigenvalue weighted by molar-refractivity contribution is -0.122. The van der Waals surface area contributed by atoms with Crippen LogP contribution in [-0.4, -0.2) is 26.6 Å². The molecule has 2 N–H and O–H groups in total. The minimum Gasteiger partial charge on any atom is -0.271 e. The highest BCUT2D eigenvalue weighted by Crippen LogP contribution is 2.15. The first-order chi connectivity index (χ1) is 14.4. The number of nitrogens with one attached hydrogen (secondary N) is 2. The topological polar surface area (TPSA) is 87.6 Å². The molecular weight excluding hydrogens is 466 g/mol. The van der Waals surface area contributed by atoms with E-state index in [1.165, 1.54) is 18.3 Å². The van der Waals surface area contributed by atoms with Crippen LogP contribution in [0.4, 0.5) is 0 Å². The molecule has 0 unspecified atom stereocenters. The van der Waals surface area contributed by atoms with Crippen molar-refractivity contribution in [1.29, 1.82) is 0 Å². The number of nitrogens with zero attached hydrogens (tertiary/aromatic N) is 1.